The van der Waals surface area contributed by atoms with Crippen LogP contribution in [0.3, 0.4) is 0 Å². The molecule has 0 radical (unpaired) electrons. The summed E-state index contributed by atoms with van der Waals surface area (Å²) < 4.78 is 10.3. The normalized spacial score (nSPS) is 11.4. The van der Waals surface area contributed by atoms with Crippen molar-refractivity contribution in [3.05, 3.63) is 6.42 Å². The van der Waals surface area contributed by atoms with Gasteiger partial charge in [0.1, 0.15) is 6.79 Å². The van der Waals surface area contributed by atoms with Crippen LogP contribution in [0.4, 0.5) is 0 Å². The standard InChI is InChI=1S/C11H23O2.BrH.Mg/c1-4-7-11(3)8-6-9-13-10-12-5-2;;/h4,11H,5-10H2,1-3H3;1H;/q-1;;+2/p-1. The average Bonchev–Trinajstić information content (AvgIpc) is 2.11. The van der Waals surface area contributed by atoms with Crippen LogP contribution in [0.15, 0.2) is 0 Å². The molecule has 0 bridgehead atoms. The summed E-state index contributed by atoms with van der Waals surface area (Å²) >= 11 is 0. The van der Waals surface area contributed by atoms with Gasteiger partial charge in [0.25, 0.3) is 0 Å². The summed E-state index contributed by atoms with van der Waals surface area (Å²) in [5.74, 6) is 0.792. The minimum atomic E-state index is 0. The molecule has 2 nitrogen and oxygen atoms in total. The topological polar surface area (TPSA) is 18.5 Å². The molecule has 0 saturated carbocycles. The second kappa shape index (κ2) is 17.6. The second-order valence-electron chi connectivity index (χ2n) is 3.41. The Morgan fingerprint density at radius 1 is 1.27 bits per heavy atom. The van der Waals surface area contributed by atoms with Gasteiger partial charge in [-0.25, -0.2) is 0 Å². The van der Waals surface area contributed by atoms with Crippen LogP contribution in [0.5, 0.6) is 0 Å². The molecule has 88 valence electrons. The maximum absolute atomic E-state index is 5.27. The van der Waals surface area contributed by atoms with Gasteiger partial charge >= 0.3 is 23.1 Å². The summed E-state index contributed by atoms with van der Waals surface area (Å²) in [6.45, 7) is 8.38. The summed E-state index contributed by atoms with van der Waals surface area (Å²) in [6.07, 6.45) is 5.83. The largest absolute Gasteiger partial charge is 2.00 e. The van der Waals surface area contributed by atoms with Crippen LogP contribution < -0.4 is 17.0 Å². The average molecular weight is 292 g/mol. The van der Waals surface area contributed by atoms with E-state index in [0.29, 0.717) is 6.79 Å². The maximum Gasteiger partial charge on any atom is 2.00 e. The molecular weight excluding hydrogens is 268 g/mol. The molecule has 0 spiro atoms. The molecule has 0 aromatic heterocycles. The van der Waals surface area contributed by atoms with Crippen LogP contribution in [0.25, 0.3) is 0 Å². The van der Waals surface area contributed by atoms with Gasteiger partial charge in [-0.1, -0.05) is 19.3 Å². The van der Waals surface area contributed by atoms with E-state index in [1.165, 1.54) is 12.8 Å². The van der Waals surface area contributed by atoms with Crippen molar-refractivity contribution in [2.45, 2.75) is 40.0 Å². The zero-order valence-electron chi connectivity index (χ0n) is 10.3. The molecule has 0 heterocycles. The Morgan fingerprint density at radius 2 is 1.93 bits per heavy atom. The van der Waals surface area contributed by atoms with Gasteiger partial charge in [-0.15, -0.1) is 0 Å². The molecule has 0 N–H and O–H groups in total. The van der Waals surface area contributed by atoms with Crippen LogP contribution in [-0.4, -0.2) is 43.1 Å². The van der Waals surface area contributed by atoms with Crippen molar-refractivity contribution in [1.82, 2.24) is 0 Å². The van der Waals surface area contributed by atoms with Crippen molar-refractivity contribution >= 4 is 23.1 Å². The summed E-state index contributed by atoms with van der Waals surface area (Å²) in [7, 11) is 0. The number of rotatable bonds is 9. The van der Waals surface area contributed by atoms with E-state index in [1.54, 1.807) is 0 Å². The van der Waals surface area contributed by atoms with Gasteiger partial charge in [0.2, 0.25) is 0 Å². The first-order chi connectivity index (χ1) is 6.31. The quantitative estimate of drug-likeness (QED) is 0.250. The molecule has 0 fully saturated rings. The Balaban J connectivity index is -0.000000720. The van der Waals surface area contributed by atoms with Crippen molar-refractivity contribution < 1.29 is 26.5 Å². The van der Waals surface area contributed by atoms with Gasteiger partial charge < -0.3 is 32.9 Å². The molecule has 1 unspecified atom stereocenters. The fourth-order valence-electron chi connectivity index (χ4n) is 1.26. The molecule has 15 heavy (non-hydrogen) atoms. The van der Waals surface area contributed by atoms with Crippen LogP contribution in [0.1, 0.15) is 40.0 Å². The van der Waals surface area contributed by atoms with Gasteiger partial charge in [-0.3, -0.25) is 0 Å². The molecular formula is C11H23BrMgO2. The molecule has 0 aromatic rings. The first kappa shape index (κ1) is 21.5. The zero-order chi connectivity index (χ0) is 9.94. The smallest absolute Gasteiger partial charge is 1.00 e. The Bertz CT molecular complexity index is 105. The van der Waals surface area contributed by atoms with Crippen molar-refractivity contribution in [3.8, 4) is 0 Å². The molecule has 0 saturated heterocycles. The van der Waals surface area contributed by atoms with E-state index in [1.807, 2.05) is 6.92 Å². The summed E-state index contributed by atoms with van der Waals surface area (Å²) in [6, 6.07) is 0. The van der Waals surface area contributed by atoms with Crippen molar-refractivity contribution in [2.24, 2.45) is 5.92 Å². The molecule has 0 aliphatic rings. The molecule has 4 heteroatoms. The second-order valence-corrected chi connectivity index (χ2v) is 3.41. The van der Waals surface area contributed by atoms with Crippen LogP contribution >= 0.6 is 0 Å². The fourth-order valence-corrected chi connectivity index (χ4v) is 1.26. The number of ether oxygens (including phenoxy) is 2. The molecule has 1 atom stereocenters. The van der Waals surface area contributed by atoms with E-state index in [-0.39, 0.29) is 40.0 Å². The molecule has 0 rings (SSSR count). The van der Waals surface area contributed by atoms with E-state index in [4.69, 9.17) is 9.47 Å². The maximum atomic E-state index is 5.27. The SMILES string of the molecule is C[CH-]CC(C)CCCOCOCC.[Br-].[Mg+2]. The zero-order valence-corrected chi connectivity index (χ0v) is 13.3. The Morgan fingerprint density at radius 3 is 2.47 bits per heavy atom. The Kier molecular flexibility index (Phi) is 25.1. The summed E-state index contributed by atoms with van der Waals surface area (Å²) in [5.41, 5.74) is 0. The number of hydrogen-bond acceptors (Lipinski definition) is 2. The third-order valence-electron chi connectivity index (χ3n) is 1.99. The van der Waals surface area contributed by atoms with E-state index >= 15 is 0 Å². The van der Waals surface area contributed by atoms with Crippen molar-refractivity contribution in [1.29, 1.82) is 0 Å². The predicted octanol–water partition coefficient (Wildman–Crippen LogP) is -0.349. The summed E-state index contributed by atoms with van der Waals surface area (Å²) in [5, 5.41) is 0. The fraction of sp³-hybridized carbons (Fsp3) is 0.909. The minimum absolute atomic E-state index is 0. The van der Waals surface area contributed by atoms with Gasteiger partial charge in [0.15, 0.2) is 0 Å². The van der Waals surface area contributed by atoms with E-state index in [9.17, 15) is 0 Å². The monoisotopic (exact) mass is 290 g/mol. The van der Waals surface area contributed by atoms with Crippen LogP contribution in [-0.2, 0) is 9.47 Å². The van der Waals surface area contributed by atoms with Crippen molar-refractivity contribution in [2.75, 3.05) is 20.0 Å². The van der Waals surface area contributed by atoms with Gasteiger partial charge in [0.05, 0.1) is 0 Å². The minimum Gasteiger partial charge on any atom is -1.00 e. The third-order valence-corrected chi connectivity index (χ3v) is 1.99. The van der Waals surface area contributed by atoms with Gasteiger partial charge in [-0.2, -0.15) is 13.3 Å². The van der Waals surface area contributed by atoms with Crippen LogP contribution in [0.2, 0.25) is 0 Å². The number of halogens is 1. The van der Waals surface area contributed by atoms with E-state index in [2.05, 4.69) is 20.3 Å². The molecule has 0 aliphatic heterocycles. The number of hydrogen-bond donors (Lipinski definition) is 0. The molecule has 0 aromatic carbocycles. The van der Waals surface area contributed by atoms with Crippen LogP contribution in [0, 0.1) is 12.3 Å². The first-order valence-electron chi connectivity index (χ1n) is 5.24. The third kappa shape index (κ3) is 17.8. The predicted molar refractivity (Wildman–Crippen MR) is 61.2 cm³/mol. The Hall–Kier alpha value is 1.17. The Labute approximate surface area is 121 Å². The van der Waals surface area contributed by atoms with Gasteiger partial charge in [0, 0.05) is 13.2 Å². The summed E-state index contributed by atoms with van der Waals surface area (Å²) in [4.78, 5) is 0. The molecule has 0 amide bonds. The van der Waals surface area contributed by atoms with E-state index < -0.39 is 0 Å². The van der Waals surface area contributed by atoms with Gasteiger partial charge in [-0.05, 0) is 13.3 Å². The molecule has 0 aliphatic carbocycles. The van der Waals surface area contributed by atoms with Crippen molar-refractivity contribution in [3.63, 3.8) is 0 Å². The first-order valence-corrected chi connectivity index (χ1v) is 5.24. The van der Waals surface area contributed by atoms with E-state index in [0.717, 1.165) is 25.6 Å².